The van der Waals surface area contributed by atoms with E-state index in [4.69, 9.17) is 40.5 Å². The Balaban J connectivity index is 1.48. The quantitative estimate of drug-likeness (QED) is 0.0413. The highest BCUT2D eigenvalue weighted by molar-refractivity contribution is 6.18. The van der Waals surface area contributed by atoms with Gasteiger partial charge in [0.25, 0.3) is 0 Å². The lowest BCUT2D eigenvalue weighted by atomic mass is 9.55. The van der Waals surface area contributed by atoms with Gasteiger partial charge in [0.15, 0.2) is 0 Å². The van der Waals surface area contributed by atoms with Gasteiger partial charge in [-0.1, -0.05) is 78.7 Å². The average Bonchev–Trinajstić information content (AvgIpc) is 3.28. The number of hydrogen-bond acceptors (Lipinski definition) is 9. The highest BCUT2D eigenvalue weighted by atomic mass is 35.5. The summed E-state index contributed by atoms with van der Waals surface area (Å²) in [5.41, 5.74) is 5.26. The number of aliphatic hydroxyl groups is 2. The van der Waals surface area contributed by atoms with Gasteiger partial charge in [-0.05, 0) is 136 Å². The molecule has 4 aromatic carbocycles. The number of hydrogen-bond donors (Lipinski definition) is 2. The van der Waals surface area contributed by atoms with Crippen LogP contribution < -0.4 is 9.47 Å². The minimum atomic E-state index is -1.47. The molecule has 64 heavy (non-hydrogen) atoms. The highest BCUT2D eigenvalue weighted by Gasteiger charge is 2.66. The first-order valence-electron chi connectivity index (χ1n) is 22.9. The maximum atomic E-state index is 14.8. The summed E-state index contributed by atoms with van der Waals surface area (Å²) in [6.07, 6.45) is 8.35. The largest absolute Gasteiger partial charge is 0.459 e. The Bertz CT molecular complexity index is 2320. The Hall–Kier alpha value is -4.87. The summed E-state index contributed by atoms with van der Waals surface area (Å²) < 4.78 is 27.2. The second-order valence-corrected chi connectivity index (χ2v) is 18.8. The van der Waals surface area contributed by atoms with Crippen molar-refractivity contribution in [3.63, 3.8) is 0 Å². The van der Waals surface area contributed by atoms with Crippen molar-refractivity contribution in [2.45, 2.75) is 109 Å². The number of fused-ring (bicyclic) bond motifs is 3. The van der Waals surface area contributed by atoms with Gasteiger partial charge in [0.05, 0.1) is 30.7 Å². The van der Waals surface area contributed by atoms with Crippen molar-refractivity contribution in [2.75, 3.05) is 32.3 Å². The van der Waals surface area contributed by atoms with Gasteiger partial charge in [-0.2, -0.15) is 0 Å². The Morgan fingerprint density at radius 2 is 1.69 bits per heavy atom. The normalized spacial score (nSPS) is 23.1. The molecule has 7 rings (SSSR count). The molecule has 4 aromatic rings. The molecule has 1 aliphatic heterocycles. The third kappa shape index (κ3) is 10.3. The highest BCUT2D eigenvalue weighted by Crippen LogP contribution is 2.62. The van der Waals surface area contributed by atoms with E-state index in [1.165, 1.54) is 5.56 Å². The predicted octanol–water partition coefficient (Wildman–Crippen LogP) is 11.6. The maximum Gasteiger partial charge on any atom is 0.410 e. The van der Waals surface area contributed by atoms with Gasteiger partial charge in [0.2, 0.25) is 5.79 Å². The molecular weight excluding hydrogens is 828 g/mol. The molecule has 0 bridgehead atoms. The summed E-state index contributed by atoms with van der Waals surface area (Å²) >= 11 is 6.18. The van der Waals surface area contributed by atoms with Crippen molar-refractivity contribution in [1.29, 1.82) is 0 Å². The summed E-state index contributed by atoms with van der Waals surface area (Å²) in [4.78, 5) is 22.9. The van der Waals surface area contributed by atoms with Gasteiger partial charge in [0.1, 0.15) is 35.5 Å². The maximum absolute atomic E-state index is 14.8. The molecule has 1 amide bonds. The standard InChI is InChI=1S/C53H65ClN2O8/c1-7-28-61-53-48(56(51(59)60-29-25-54)34-39-18-14-17-37-15-8-9-19-42(37)39)33-46(55-64-52(4,5)6)44-31-38(16-10-12-26-57)43(20-11-13-27-58)49(50(44)53)45-32-41(23-24-47(45)63-53)62-40-22-21-35(2)36(3)30-40/h7-9,14-15,17-19,21-24,30-32,38,43,48-50,57-58H,1,10-13,16,20,25-29,33-34H2,2-6H3/t38-,43+,48-,49+,50+,53+/m0/s1. The number of rotatable bonds is 19. The Kier molecular flexibility index (Phi) is 15.4. The Morgan fingerprint density at radius 3 is 2.42 bits per heavy atom. The molecule has 2 N–H and O–H groups in total. The molecule has 0 spiro atoms. The van der Waals surface area contributed by atoms with Gasteiger partial charge in [0, 0.05) is 31.1 Å². The number of aliphatic hydroxyl groups excluding tert-OH is 2. The monoisotopic (exact) mass is 892 g/mol. The number of unbranched alkanes of at least 4 members (excludes halogenated alkanes) is 2. The van der Waals surface area contributed by atoms with Crippen molar-refractivity contribution in [3.8, 4) is 17.2 Å². The van der Waals surface area contributed by atoms with Gasteiger partial charge >= 0.3 is 6.09 Å². The molecule has 1 heterocycles. The van der Waals surface area contributed by atoms with Crippen LogP contribution in [0.15, 0.2) is 108 Å². The second-order valence-electron chi connectivity index (χ2n) is 18.4. The smallest absolute Gasteiger partial charge is 0.410 e. The fourth-order valence-electron chi connectivity index (χ4n) is 9.94. The van der Waals surface area contributed by atoms with E-state index in [1.807, 2.05) is 69.3 Å². The zero-order valence-electron chi connectivity index (χ0n) is 38.1. The molecule has 1 fully saturated rings. The van der Waals surface area contributed by atoms with Crippen molar-refractivity contribution in [3.05, 3.63) is 125 Å². The zero-order valence-corrected chi connectivity index (χ0v) is 38.8. The molecule has 0 saturated heterocycles. The van der Waals surface area contributed by atoms with Crippen LogP contribution in [-0.2, 0) is 20.9 Å². The van der Waals surface area contributed by atoms with Crippen LogP contribution >= 0.6 is 11.6 Å². The van der Waals surface area contributed by atoms with Gasteiger partial charge in [-0.15, -0.1) is 18.2 Å². The van der Waals surface area contributed by atoms with Crippen molar-refractivity contribution < 1.29 is 38.8 Å². The van der Waals surface area contributed by atoms with Crippen molar-refractivity contribution in [2.24, 2.45) is 22.9 Å². The molecule has 6 atom stereocenters. The summed E-state index contributed by atoms with van der Waals surface area (Å²) in [5, 5.41) is 27.1. The first kappa shape index (κ1) is 47.1. The molecule has 11 heteroatoms. The number of oxime groups is 1. The summed E-state index contributed by atoms with van der Waals surface area (Å²) in [6, 6.07) is 25.6. The fraction of sp³-hybridized carbons (Fsp3) is 0.472. The molecule has 1 saturated carbocycles. The number of carbonyl (C=O) groups excluding carboxylic acids is 1. The van der Waals surface area contributed by atoms with Crippen LogP contribution in [0.1, 0.15) is 93.9 Å². The zero-order chi connectivity index (χ0) is 45.4. The number of alkyl halides is 1. The number of carbonyl (C=O) groups is 1. The van der Waals surface area contributed by atoms with E-state index in [1.54, 1.807) is 11.0 Å². The van der Waals surface area contributed by atoms with Gasteiger partial charge in [-0.3, -0.25) is 4.90 Å². The van der Waals surface area contributed by atoms with Crippen LogP contribution in [0.4, 0.5) is 4.79 Å². The SMILES string of the molecule is C=CCO[C@@]12Oc3ccc(Oc4ccc(C)c(C)c4)cc3[C@H]3[C@H](CCCCO)[C@@H](CCCCO)C=C(C(=NOC(C)(C)C)C[C@@H]1N(Cc1cccc4ccccc14)C(=O)OCCCl)[C@H]32. The number of amides is 1. The minimum Gasteiger partial charge on any atom is -0.459 e. The van der Waals surface area contributed by atoms with E-state index >= 15 is 0 Å². The van der Waals surface area contributed by atoms with Crippen LogP contribution in [0.3, 0.4) is 0 Å². The first-order valence-corrected chi connectivity index (χ1v) is 23.4. The Labute approximate surface area is 383 Å². The molecule has 2 aliphatic carbocycles. The molecule has 0 radical (unpaired) electrons. The Morgan fingerprint density at radius 1 is 0.953 bits per heavy atom. The van der Waals surface area contributed by atoms with Gasteiger partial charge in [-0.25, -0.2) is 4.79 Å². The average molecular weight is 894 g/mol. The number of aryl methyl sites for hydroxylation is 2. The van der Waals surface area contributed by atoms with Crippen molar-refractivity contribution >= 4 is 34.2 Å². The summed E-state index contributed by atoms with van der Waals surface area (Å²) in [6.45, 7) is 14.7. The lowest BCUT2D eigenvalue weighted by Gasteiger charge is -2.60. The lowest BCUT2D eigenvalue weighted by Crippen LogP contribution is -2.70. The van der Waals surface area contributed by atoms with E-state index in [-0.39, 0.29) is 63.0 Å². The molecule has 10 nitrogen and oxygen atoms in total. The van der Waals surface area contributed by atoms with Crippen molar-refractivity contribution in [1.82, 2.24) is 4.90 Å². The summed E-state index contributed by atoms with van der Waals surface area (Å²) in [7, 11) is 0. The van der Waals surface area contributed by atoms with Gasteiger partial charge < -0.3 is 34.0 Å². The minimum absolute atomic E-state index is 0.0143. The van der Waals surface area contributed by atoms with E-state index in [9.17, 15) is 15.0 Å². The van der Waals surface area contributed by atoms with Crippen LogP contribution in [0.2, 0.25) is 0 Å². The molecule has 0 unspecified atom stereocenters. The number of benzene rings is 4. The van der Waals surface area contributed by atoms with E-state index in [0.29, 0.717) is 30.1 Å². The number of nitrogens with zero attached hydrogens (tertiary/aromatic N) is 2. The third-order valence-electron chi connectivity index (χ3n) is 12.9. The lowest BCUT2D eigenvalue weighted by molar-refractivity contribution is -0.256. The number of halogens is 1. The second kappa shape index (κ2) is 21.0. The van der Waals surface area contributed by atoms with Crippen LogP contribution in [0, 0.1) is 31.6 Å². The van der Waals surface area contributed by atoms with Crippen LogP contribution in [0.25, 0.3) is 10.8 Å². The first-order chi connectivity index (χ1) is 30.9. The fourth-order valence-corrected chi connectivity index (χ4v) is 10.0. The van der Waals surface area contributed by atoms with E-state index < -0.39 is 29.4 Å². The molecule has 3 aliphatic rings. The molecule has 0 aromatic heterocycles. The van der Waals surface area contributed by atoms with E-state index in [2.05, 4.69) is 56.8 Å². The predicted molar refractivity (Wildman–Crippen MR) is 253 cm³/mol. The molecule has 342 valence electrons. The summed E-state index contributed by atoms with van der Waals surface area (Å²) in [5.74, 6) is 0.101. The molecular formula is C53H65ClN2O8. The third-order valence-corrected chi connectivity index (χ3v) is 13.1. The van der Waals surface area contributed by atoms with Crippen LogP contribution in [0.5, 0.6) is 17.2 Å². The number of allylic oxidation sites excluding steroid dienone is 1. The number of ether oxygens (including phenoxy) is 4. The topological polar surface area (TPSA) is 119 Å². The van der Waals surface area contributed by atoms with Crippen LogP contribution in [-0.4, -0.2) is 76.7 Å². The van der Waals surface area contributed by atoms with E-state index in [0.717, 1.165) is 64.5 Å².